The number of nitrogens with one attached hydrogen (secondary N) is 1. The van der Waals surface area contributed by atoms with E-state index >= 15 is 0 Å². The van der Waals surface area contributed by atoms with E-state index in [4.69, 9.17) is 10.4 Å². The second-order valence-electron chi connectivity index (χ2n) is 3.63. The summed E-state index contributed by atoms with van der Waals surface area (Å²) < 4.78 is 38.0. The number of carboxylic acids is 1. The average molecular weight is 270 g/mol. The number of aliphatic carboxylic acids is 1. The highest BCUT2D eigenvalue weighted by Gasteiger charge is 2.33. The van der Waals surface area contributed by atoms with Crippen molar-refractivity contribution in [3.05, 3.63) is 41.5 Å². The first-order chi connectivity index (χ1) is 8.75. The number of hydrogen-bond donors (Lipinski definition) is 2. The minimum atomic E-state index is -4.65. The number of carboxylic acid groups (broad SMARTS) is 1. The second-order valence-corrected chi connectivity index (χ2v) is 3.63. The molecule has 2 N–H and O–H groups in total. The first-order valence-electron chi connectivity index (χ1n) is 5.02. The largest absolute Gasteiger partial charge is 0.478 e. The molecule has 0 aliphatic heterocycles. The molecule has 0 aliphatic rings. The van der Waals surface area contributed by atoms with Gasteiger partial charge in [-0.15, -0.1) is 0 Å². The lowest BCUT2D eigenvalue weighted by Gasteiger charge is -2.12. The van der Waals surface area contributed by atoms with Crippen molar-refractivity contribution in [2.24, 2.45) is 0 Å². The fraction of sp³-hybridized carbons (Fsp3) is 0.167. The van der Waals surface area contributed by atoms with Gasteiger partial charge in [-0.2, -0.15) is 18.4 Å². The molecular weight excluding hydrogens is 261 g/mol. The lowest BCUT2D eigenvalue weighted by atomic mass is 10.1. The molecule has 0 unspecified atom stereocenters. The summed E-state index contributed by atoms with van der Waals surface area (Å²) >= 11 is 0. The summed E-state index contributed by atoms with van der Waals surface area (Å²) in [6.45, 7) is 3.04. The van der Waals surface area contributed by atoms with Crippen LogP contribution < -0.4 is 5.32 Å². The lowest BCUT2D eigenvalue weighted by molar-refractivity contribution is -0.137. The van der Waals surface area contributed by atoms with E-state index in [1.165, 1.54) is 12.1 Å². The third-order valence-electron chi connectivity index (χ3n) is 2.25. The smallest absolute Gasteiger partial charge is 0.417 e. The highest BCUT2D eigenvalue weighted by Crippen LogP contribution is 2.33. The van der Waals surface area contributed by atoms with Crippen LogP contribution in [0.2, 0.25) is 0 Å². The molecule has 0 spiro atoms. The van der Waals surface area contributed by atoms with Crippen LogP contribution in [0.25, 0.3) is 0 Å². The summed E-state index contributed by atoms with van der Waals surface area (Å²) in [5.41, 5.74) is -1.68. The maximum atomic E-state index is 12.7. The van der Waals surface area contributed by atoms with Crippen LogP contribution in [0.3, 0.4) is 0 Å². The zero-order valence-electron chi connectivity index (χ0n) is 9.58. The van der Waals surface area contributed by atoms with Crippen LogP contribution in [-0.2, 0) is 11.0 Å². The number of alkyl halides is 3. The zero-order valence-corrected chi connectivity index (χ0v) is 9.58. The van der Waals surface area contributed by atoms with Crippen LogP contribution in [0.5, 0.6) is 0 Å². The van der Waals surface area contributed by atoms with Crippen molar-refractivity contribution in [3.8, 4) is 6.07 Å². The molecule has 100 valence electrons. The monoisotopic (exact) mass is 270 g/mol. The lowest BCUT2D eigenvalue weighted by Crippen LogP contribution is -2.13. The molecule has 0 heterocycles. The van der Waals surface area contributed by atoms with E-state index in [1.807, 2.05) is 0 Å². The van der Waals surface area contributed by atoms with Crippen molar-refractivity contribution >= 4 is 11.7 Å². The molecule has 19 heavy (non-hydrogen) atoms. The number of halogens is 3. The molecule has 0 bridgehead atoms. The van der Waals surface area contributed by atoms with Crippen molar-refractivity contribution in [3.63, 3.8) is 0 Å². The van der Waals surface area contributed by atoms with Crippen molar-refractivity contribution in [2.45, 2.75) is 6.18 Å². The minimum Gasteiger partial charge on any atom is -0.478 e. The molecule has 1 aromatic carbocycles. The Labute approximate surface area is 106 Å². The quantitative estimate of drug-likeness (QED) is 0.825. The number of nitriles is 1. The predicted octanol–water partition coefficient (Wildman–Crippen LogP) is 2.63. The molecule has 0 aromatic heterocycles. The Morgan fingerprint density at radius 2 is 2.11 bits per heavy atom. The summed E-state index contributed by atoms with van der Waals surface area (Å²) in [6.07, 6.45) is -4.65. The van der Waals surface area contributed by atoms with Crippen molar-refractivity contribution in [1.82, 2.24) is 0 Å². The predicted molar refractivity (Wildman–Crippen MR) is 61.4 cm³/mol. The van der Waals surface area contributed by atoms with Crippen LogP contribution in [0, 0.1) is 11.3 Å². The Kier molecular flexibility index (Phi) is 4.17. The van der Waals surface area contributed by atoms with Gasteiger partial charge in [-0.05, 0) is 18.2 Å². The summed E-state index contributed by atoms with van der Waals surface area (Å²) in [6, 6.07) is 4.50. The molecule has 4 nitrogen and oxygen atoms in total. The second kappa shape index (κ2) is 5.44. The van der Waals surface area contributed by atoms with Crippen LogP contribution in [0.1, 0.15) is 11.1 Å². The number of anilines is 1. The van der Waals surface area contributed by atoms with Crippen molar-refractivity contribution < 1.29 is 23.1 Å². The molecule has 0 saturated carbocycles. The highest BCUT2D eigenvalue weighted by atomic mass is 19.4. The molecule has 1 aromatic rings. The van der Waals surface area contributed by atoms with E-state index in [-0.39, 0.29) is 17.8 Å². The number of rotatable bonds is 4. The van der Waals surface area contributed by atoms with Crippen molar-refractivity contribution in [1.29, 1.82) is 5.26 Å². The van der Waals surface area contributed by atoms with Crippen molar-refractivity contribution in [2.75, 3.05) is 11.9 Å². The Bertz CT molecular complexity index is 559. The van der Waals surface area contributed by atoms with Gasteiger partial charge in [0, 0.05) is 17.8 Å². The topological polar surface area (TPSA) is 73.1 Å². The summed E-state index contributed by atoms with van der Waals surface area (Å²) in [5.74, 6) is -1.24. The highest BCUT2D eigenvalue weighted by molar-refractivity contribution is 5.86. The van der Waals surface area contributed by atoms with Crippen LogP contribution in [0.15, 0.2) is 30.4 Å². The third-order valence-corrected chi connectivity index (χ3v) is 2.25. The van der Waals surface area contributed by atoms with Gasteiger partial charge in [-0.1, -0.05) is 6.58 Å². The number of hydrogen-bond acceptors (Lipinski definition) is 3. The molecule has 0 fully saturated rings. The molecule has 0 amide bonds. The van der Waals surface area contributed by atoms with E-state index in [2.05, 4.69) is 11.9 Å². The van der Waals surface area contributed by atoms with E-state index in [0.717, 1.165) is 12.1 Å². The summed E-state index contributed by atoms with van der Waals surface area (Å²) in [4.78, 5) is 10.5. The van der Waals surface area contributed by atoms with E-state index < -0.39 is 23.3 Å². The van der Waals surface area contributed by atoms with E-state index in [0.29, 0.717) is 0 Å². The van der Waals surface area contributed by atoms with Crippen LogP contribution in [0.4, 0.5) is 18.9 Å². The minimum absolute atomic E-state index is 0.0636. The zero-order chi connectivity index (χ0) is 14.6. The van der Waals surface area contributed by atoms with Crippen LogP contribution >= 0.6 is 0 Å². The molecule has 0 saturated heterocycles. The number of carbonyl (C=O) groups is 1. The maximum absolute atomic E-state index is 12.7. The normalized spacial score (nSPS) is 10.6. The first-order valence-corrected chi connectivity index (χ1v) is 5.02. The Balaban J connectivity index is 2.97. The van der Waals surface area contributed by atoms with E-state index in [9.17, 15) is 18.0 Å². The average Bonchev–Trinajstić information content (AvgIpc) is 2.34. The van der Waals surface area contributed by atoms with Gasteiger partial charge in [0.2, 0.25) is 0 Å². The van der Waals surface area contributed by atoms with Gasteiger partial charge in [0.05, 0.1) is 17.2 Å². The molecule has 0 atom stereocenters. The Morgan fingerprint density at radius 1 is 1.47 bits per heavy atom. The van der Waals surface area contributed by atoms with Gasteiger partial charge in [0.1, 0.15) is 0 Å². The van der Waals surface area contributed by atoms with Gasteiger partial charge in [0.25, 0.3) is 0 Å². The Hall–Kier alpha value is -2.49. The van der Waals surface area contributed by atoms with Gasteiger partial charge >= 0.3 is 12.1 Å². The SMILES string of the molecule is C=C(CNc1ccc(C#N)c(C(F)(F)F)c1)C(=O)O. The van der Waals surface area contributed by atoms with Gasteiger partial charge in [-0.3, -0.25) is 0 Å². The van der Waals surface area contributed by atoms with Gasteiger partial charge in [-0.25, -0.2) is 4.79 Å². The fourth-order valence-electron chi connectivity index (χ4n) is 1.27. The molecule has 0 aliphatic carbocycles. The standard InChI is InChI=1S/C12H9F3N2O2/c1-7(11(18)19)6-17-9-3-2-8(5-16)10(4-9)12(13,14)15/h2-4,17H,1,6H2,(H,18,19). The summed E-state index contributed by atoms with van der Waals surface area (Å²) in [7, 11) is 0. The maximum Gasteiger partial charge on any atom is 0.417 e. The number of benzene rings is 1. The molecular formula is C12H9F3N2O2. The molecule has 7 heteroatoms. The van der Waals surface area contributed by atoms with Gasteiger partial charge < -0.3 is 10.4 Å². The molecule has 0 radical (unpaired) electrons. The fourth-order valence-corrected chi connectivity index (χ4v) is 1.27. The van der Waals surface area contributed by atoms with Crippen LogP contribution in [-0.4, -0.2) is 17.6 Å². The van der Waals surface area contributed by atoms with Gasteiger partial charge in [0.15, 0.2) is 0 Å². The van der Waals surface area contributed by atoms with E-state index in [1.54, 1.807) is 0 Å². The number of nitrogens with zero attached hydrogens (tertiary/aromatic N) is 1. The Morgan fingerprint density at radius 3 is 2.58 bits per heavy atom. The molecule has 1 rings (SSSR count). The first kappa shape index (κ1) is 14.6. The third kappa shape index (κ3) is 3.74. The summed E-state index contributed by atoms with van der Waals surface area (Å²) in [5, 5.41) is 19.7.